The minimum atomic E-state index is -0.844. The number of nitrogens with one attached hydrogen (secondary N) is 2. The third kappa shape index (κ3) is 4.81. The van der Waals surface area contributed by atoms with Crippen molar-refractivity contribution in [2.75, 3.05) is 10.6 Å². The Morgan fingerprint density at radius 2 is 1.88 bits per heavy atom. The minimum Gasteiger partial charge on any atom is -0.365 e. The zero-order valence-corrected chi connectivity index (χ0v) is 18.5. The Labute approximate surface area is 194 Å². The fourth-order valence-corrected chi connectivity index (χ4v) is 3.32. The lowest BCUT2D eigenvalue weighted by Crippen LogP contribution is -2.32. The standard InChI is InChI=1S/C22H23FN10O/c1-12(24)19(17-5-3-4-6-26-17)31-22-16(23)10-15(20(25)34)21(32-22)30-14-9-18(13(2)27-11-14)33-28-7-8-29-33/h3-12,19H,24H2,1-2H3,(H2,25,34)(H2,30,31,32)/t12-,19-/m0/s1. The van der Waals surface area contributed by atoms with Crippen LogP contribution in [0, 0.1) is 12.7 Å². The van der Waals surface area contributed by atoms with Crippen molar-refractivity contribution >= 4 is 23.2 Å². The third-order valence-corrected chi connectivity index (χ3v) is 5.02. The molecule has 6 N–H and O–H groups in total. The predicted octanol–water partition coefficient (Wildman–Crippen LogP) is 2.24. The van der Waals surface area contributed by atoms with Gasteiger partial charge in [0.15, 0.2) is 11.6 Å². The van der Waals surface area contributed by atoms with Crippen LogP contribution >= 0.6 is 0 Å². The van der Waals surface area contributed by atoms with Gasteiger partial charge in [-0.15, -0.1) is 4.80 Å². The molecule has 0 bridgehead atoms. The van der Waals surface area contributed by atoms with Gasteiger partial charge in [0.05, 0.1) is 47.3 Å². The predicted molar refractivity (Wildman–Crippen MR) is 124 cm³/mol. The summed E-state index contributed by atoms with van der Waals surface area (Å²) in [5, 5.41) is 14.2. The van der Waals surface area contributed by atoms with Gasteiger partial charge in [-0.25, -0.2) is 9.37 Å². The lowest BCUT2D eigenvalue weighted by atomic mass is 10.1. The molecule has 12 heteroatoms. The third-order valence-electron chi connectivity index (χ3n) is 5.02. The lowest BCUT2D eigenvalue weighted by Gasteiger charge is -2.23. The summed E-state index contributed by atoms with van der Waals surface area (Å²) in [4.78, 5) is 26.4. The van der Waals surface area contributed by atoms with E-state index in [1.54, 1.807) is 56.8 Å². The molecular formula is C22H23FN10O. The van der Waals surface area contributed by atoms with Gasteiger partial charge in [0, 0.05) is 12.2 Å². The molecule has 0 saturated heterocycles. The van der Waals surface area contributed by atoms with Gasteiger partial charge in [0.2, 0.25) is 0 Å². The molecule has 4 rings (SSSR count). The van der Waals surface area contributed by atoms with E-state index in [1.165, 1.54) is 4.80 Å². The highest BCUT2D eigenvalue weighted by Gasteiger charge is 2.22. The molecule has 0 radical (unpaired) electrons. The first-order valence-electron chi connectivity index (χ1n) is 10.4. The number of aromatic nitrogens is 6. The smallest absolute Gasteiger partial charge is 0.252 e. The van der Waals surface area contributed by atoms with Gasteiger partial charge in [-0.2, -0.15) is 10.2 Å². The number of primary amides is 1. The van der Waals surface area contributed by atoms with Crippen LogP contribution in [0.2, 0.25) is 0 Å². The molecule has 34 heavy (non-hydrogen) atoms. The second kappa shape index (κ2) is 9.58. The van der Waals surface area contributed by atoms with Gasteiger partial charge in [-0.05, 0) is 38.1 Å². The van der Waals surface area contributed by atoms with Crippen LogP contribution in [-0.4, -0.2) is 41.9 Å². The van der Waals surface area contributed by atoms with E-state index < -0.39 is 23.8 Å². The number of pyridine rings is 3. The van der Waals surface area contributed by atoms with E-state index in [0.29, 0.717) is 22.8 Å². The number of rotatable bonds is 8. The Morgan fingerprint density at radius 1 is 1.12 bits per heavy atom. The summed E-state index contributed by atoms with van der Waals surface area (Å²) < 4.78 is 14.9. The van der Waals surface area contributed by atoms with Crippen LogP contribution in [0.4, 0.5) is 21.7 Å². The fraction of sp³-hybridized carbons (Fsp3) is 0.182. The summed E-state index contributed by atoms with van der Waals surface area (Å²) in [6.07, 6.45) is 6.25. The molecule has 2 atom stereocenters. The Hall–Kier alpha value is -4.45. The highest BCUT2D eigenvalue weighted by atomic mass is 19.1. The first kappa shape index (κ1) is 22.7. The first-order chi connectivity index (χ1) is 16.3. The van der Waals surface area contributed by atoms with Crippen LogP contribution in [0.15, 0.2) is 55.1 Å². The van der Waals surface area contributed by atoms with Gasteiger partial charge >= 0.3 is 0 Å². The van der Waals surface area contributed by atoms with Gasteiger partial charge in [-0.1, -0.05) is 6.07 Å². The maximum Gasteiger partial charge on any atom is 0.252 e. The molecule has 174 valence electrons. The van der Waals surface area contributed by atoms with Crippen LogP contribution in [0.5, 0.6) is 0 Å². The van der Waals surface area contributed by atoms with Crippen molar-refractivity contribution in [3.05, 3.63) is 77.9 Å². The number of hydrogen-bond donors (Lipinski definition) is 4. The molecular weight excluding hydrogens is 439 g/mol. The van der Waals surface area contributed by atoms with E-state index in [4.69, 9.17) is 11.5 Å². The normalized spacial score (nSPS) is 12.7. The molecule has 0 aliphatic heterocycles. The van der Waals surface area contributed by atoms with E-state index in [1.807, 2.05) is 6.07 Å². The number of amides is 1. The highest BCUT2D eigenvalue weighted by Crippen LogP contribution is 2.27. The Balaban J connectivity index is 1.71. The van der Waals surface area contributed by atoms with Crippen LogP contribution in [0.1, 0.15) is 34.7 Å². The molecule has 0 unspecified atom stereocenters. The second-order valence-corrected chi connectivity index (χ2v) is 7.59. The summed E-state index contributed by atoms with van der Waals surface area (Å²) >= 11 is 0. The van der Waals surface area contributed by atoms with Crippen molar-refractivity contribution in [1.29, 1.82) is 0 Å². The lowest BCUT2D eigenvalue weighted by molar-refractivity contribution is 0.100. The largest absolute Gasteiger partial charge is 0.365 e. The quantitative estimate of drug-likeness (QED) is 0.307. The van der Waals surface area contributed by atoms with Crippen LogP contribution in [0.25, 0.3) is 5.69 Å². The summed E-state index contributed by atoms with van der Waals surface area (Å²) in [6.45, 7) is 3.57. The van der Waals surface area contributed by atoms with Crippen LogP contribution < -0.4 is 22.1 Å². The molecule has 1 amide bonds. The molecule has 0 spiro atoms. The number of hydrogen-bond acceptors (Lipinski definition) is 9. The van der Waals surface area contributed by atoms with Crippen LogP contribution in [-0.2, 0) is 0 Å². The molecule has 0 aromatic carbocycles. The molecule has 4 heterocycles. The van der Waals surface area contributed by atoms with E-state index in [0.717, 1.165) is 6.07 Å². The average molecular weight is 462 g/mol. The summed E-state index contributed by atoms with van der Waals surface area (Å²) in [5.74, 6) is -1.67. The minimum absolute atomic E-state index is 0.0471. The number of nitrogens with two attached hydrogens (primary N) is 2. The zero-order valence-electron chi connectivity index (χ0n) is 18.5. The van der Waals surface area contributed by atoms with Gasteiger partial charge in [-0.3, -0.25) is 14.8 Å². The highest BCUT2D eigenvalue weighted by molar-refractivity contribution is 5.98. The molecule has 0 aliphatic rings. The molecule has 11 nitrogen and oxygen atoms in total. The van der Waals surface area contributed by atoms with Gasteiger partial charge < -0.3 is 22.1 Å². The van der Waals surface area contributed by atoms with Crippen molar-refractivity contribution in [2.45, 2.75) is 25.9 Å². The number of anilines is 3. The van der Waals surface area contributed by atoms with Crippen molar-refractivity contribution in [3.8, 4) is 5.69 Å². The molecule has 4 aromatic heterocycles. The van der Waals surface area contributed by atoms with Crippen molar-refractivity contribution in [2.24, 2.45) is 11.5 Å². The maximum absolute atomic E-state index is 14.9. The van der Waals surface area contributed by atoms with E-state index in [9.17, 15) is 9.18 Å². The topological polar surface area (TPSA) is 163 Å². The summed E-state index contributed by atoms with van der Waals surface area (Å²) in [5.41, 5.74) is 13.9. The number of aryl methyl sites for hydroxylation is 1. The summed E-state index contributed by atoms with van der Waals surface area (Å²) in [6, 6.07) is 7.15. The monoisotopic (exact) mass is 462 g/mol. The number of nitrogens with zero attached hydrogens (tertiary/aromatic N) is 6. The van der Waals surface area contributed by atoms with Crippen molar-refractivity contribution < 1.29 is 9.18 Å². The van der Waals surface area contributed by atoms with E-state index in [-0.39, 0.29) is 17.2 Å². The zero-order chi connectivity index (χ0) is 24.2. The first-order valence-corrected chi connectivity index (χ1v) is 10.4. The average Bonchev–Trinajstić information content (AvgIpc) is 3.35. The number of carbonyl (C=O) groups is 1. The van der Waals surface area contributed by atoms with Crippen molar-refractivity contribution in [1.82, 2.24) is 29.9 Å². The van der Waals surface area contributed by atoms with Gasteiger partial charge in [0.1, 0.15) is 11.5 Å². The van der Waals surface area contributed by atoms with E-state index >= 15 is 0 Å². The SMILES string of the molecule is Cc1ncc(Nc2nc(N[C@H](c3ccccn3)[C@H](C)N)c(F)cc2C(N)=O)cc1-n1nccn1. The Bertz CT molecular complexity index is 1290. The van der Waals surface area contributed by atoms with Crippen LogP contribution in [0.3, 0.4) is 0 Å². The summed E-state index contributed by atoms with van der Waals surface area (Å²) in [7, 11) is 0. The molecule has 0 fully saturated rings. The molecule has 4 aromatic rings. The fourth-order valence-electron chi connectivity index (χ4n) is 3.32. The number of halogens is 1. The maximum atomic E-state index is 14.9. The molecule has 0 aliphatic carbocycles. The van der Waals surface area contributed by atoms with E-state index in [2.05, 4.69) is 35.8 Å². The second-order valence-electron chi connectivity index (χ2n) is 7.59. The molecule has 0 saturated carbocycles. The van der Waals surface area contributed by atoms with Crippen molar-refractivity contribution in [3.63, 3.8) is 0 Å². The number of carbonyl (C=O) groups excluding carboxylic acids is 1. The Kier molecular flexibility index (Phi) is 6.41. The van der Waals surface area contributed by atoms with Gasteiger partial charge in [0.25, 0.3) is 5.91 Å². The Morgan fingerprint density at radius 3 is 2.53 bits per heavy atom.